The molecule has 0 aliphatic heterocycles. The molecule has 0 radical (unpaired) electrons. The molecule has 0 aliphatic rings. The normalized spacial score (nSPS) is 11.8. The van der Waals surface area contributed by atoms with Gasteiger partial charge >= 0.3 is 5.97 Å². The summed E-state index contributed by atoms with van der Waals surface area (Å²) in [5.74, 6) is -2.59. The number of aliphatic carboxylic acids is 1. The van der Waals surface area contributed by atoms with Crippen molar-refractivity contribution < 1.29 is 23.8 Å². The first-order valence-corrected chi connectivity index (χ1v) is 10.0. The Kier molecular flexibility index (Phi) is 6.72. The second-order valence-electron chi connectivity index (χ2n) is 6.43. The highest BCUT2D eigenvalue weighted by Gasteiger charge is 2.26. The number of carbonyl (C=O) groups excluding carboxylic acids is 1. The van der Waals surface area contributed by atoms with Crippen LogP contribution in [0.25, 0.3) is 10.6 Å². The molecule has 7 heteroatoms. The predicted octanol–water partition coefficient (Wildman–Crippen LogP) is 4.72. The summed E-state index contributed by atoms with van der Waals surface area (Å²) in [6, 6.07) is 13.1. The third-order valence-electron chi connectivity index (χ3n) is 4.35. The molecule has 0 amide bonds. The summed E-state index contributed by atoms with van der Waals surface area (Å²) in [5, 5.41) is 12.0. The zero-order valence-corrected chi connectivity index (χ0v) is 16.6. The van der Waals surface area contributed by atoms with Gasteiger partial charge in [-0.25, -0.2) is 9.37 Å². The van der Waals surface area contributed by atoms with Crippen LogP contribution in [0.1, 0.15) is 30.5 Å². The maximum Gasteiger partial charge on any atom is 0.311 e. The number of benzene rings is 2. The highest BCUT2D eigenvalue weighted by Crippen LogP contribution is 2.27. The Morgan fingerprint density at radius 2 is 1.90 bits per heavy atom. The van der Waals surface area contributed by atoms with Crippen molar-refractivity contribution >= 4 is 23.1 Å². The summed E-state index contributed by atoms with van der Waals surface area (Å²) in [5.41, 5.74) is 1.50. The summed E-state index contributed by atoms with van der Waals surface area (Å²) in [6.45, 7) is 2.51. The molecule has 5 nitrogen and oxygen atoms in total. The lowest BCUT2D eigenvalue weighted by atomic mass is 9.92. The number of carboxylic acids is 1. The van der Waals surface area contributed by atoms with Crippen molar-refractivity contribution in [2.75, 3.05) is 6.61 Å². The van der Waals surface area contributed by atoms with E-state index in [9.17, 15) is 19.1 Å². The largest absolute Gasteiger partial charge is 0.494 e. The highest BCUT2D eigenvalue weighted by atomic mass is 32.1. The van der Waals surface area contributed by atoms with Gasteiger partial charge in [0.1, 0.15) is 22.4 Å². The number of carbonyl (C=O) groups is 2. The van der Waals surface area contributed by atoms with E-state index in [-0.39, 0.29) is 24.2 Å². The van der Waals surface area contributed by atoms with Crippen LogP contribution in [0.4, 0.5) is 4.39 Å². The van der Waals surface area contributed by atoms with Crippen molar-refractivity contribution in [3.63, 3.8) is 0 Å². The van der Waals surface area contributed by atoms with Gasteiger partial charge in [0.25, 0.3) is 0 Å². The monoisotopic (exact) mass is 413 g/mol. The van der Waals surface area contributed by atoms with Crippen LogP contribution < -0.4 is 4.74 Å². The van der Waals surface area contributed by atoms with E-state index in [1.165, 1.54) is 29.5 Å². The van der Waals surface area contributed by atoms with E-state index in [2.05, 4.69) is 4.98 Å². The zero-order chi connectivity index (χ0) is 20.8. The van der Waals surface area contributed by atoms with Crippen molar-refractivity contribution in [1.29, 1.82) is 0 Å². The SMILES string of the molecule is CCOc1ccc(-c2nc(CC(=O)CC(C(=O)O)c3ccccc3F)cs2)cc1. The number of thiazole rings is 1. The molecule has 1 atom stereocenters. The van der Waals surface area contributed by atoms with Gasteiger partial charge in [0.2, 0.25) is 0 Å². The minimum Gasteiger partial charge on any atom is -0.494 e. The van der Waals surface area contributed by atoms with Crippen LogP contribution in [0.15, 0.2) is 53.9 Å². The first kappa shape index (κ1) is 20.7. The van der Waals surface area contributed by atoms with E-state index in [1.807, 2.05) is 31.2 Å². The van der Waals surface area contributed by atoms with Crippen LogP contribution in [0.2, 0.25) is 0 Å². The number of rotatable bonds is 9. The van der Waals surface area contributed by atoms with E-state index < -0.39 is 17.7 Å². The zero-order valence-electron chi connectivity index (χ0n) is 15.8. The first-order valence-electron chi connectivity index (χ1n) is 9.14. The van der Waals surface area contributed by atoms with E-state index in [0.717, 1.165) is 16.3 Å². The standard InChI is InChI=1S/C22H20FNO4S/c1-2-28-17-9-7-14(8-10-17)21-24-15(13-29-21)11-16(25)12-19(22(26)27)18-5-3-4-6-20(18)23/h3-10,13,19H,2,11-12H2,1H3,(H,26,27). The lowest BCUT2D eigenvalue weighted by Crippen LogP contribution is -2.18. The third kappa shape index (κ3) is 5.26. The van der Waals surface area contributed by atoms with Crippen LogP contribution in [0.5, 0.6) is 5.75 Å². The Labute approximate surface area is 171 Å². The number of nitrogens with zero attached hydrogens (tertiary/aromatic N) is 1. The summed E-state index contributed by atoms with van der Waals surface area (Å²) in [4.78, 5) is 28.5. The minimum absolute atomic E-state index is 0.00572. The molecule has 150 valence electrons. The Bertz CT molecular complexity index is 1000. The van der Waals surface area contributed by atoms with Crippen molar-refractivity contribution in [3.05, 3.63) is 71.0 Å². The summed E-state index contributed by atoms with van der Waals surface area (Å²) in [6.07, 6.45) is -0.280. The van der Waals surface area contributed by atoms with Gasteiger partial charge in [-0.05, 0) is 37.3 Å². The molecule has 3 aromatic rings. The molecule has 0 saturated carbocycles. The molecule has 29 heavy (non-hydrogen) atoms. The number of ether oxygens (including phenoxy) is 1. The molecule has 0 fully saturated rings. The van der Waals surface area contributed by atoms with Gasteiger partial charge in [0.05, 0.1) is 18.2 Å². The number of hydrogen-bond donors (Lipinski definition) is 1. The second kappa shape index (κ2) is 9.43. The Morgan fingerprint density at radius 1 is 1.17 bits per heavy atom. The number of ketones is 1. The summed E-state index contributed by atoms with van der Waals surface area (Å²) in [7, 11) is 0. The number of carboxylic acid groups (broad SMARTS) is 1. The molecule has 0 bridgehead atoms. The van der Waals surface area contributed by atoms with Gasteiger partial charge in [-0.1, -0.05) is 18.2 Å². The quantitative estimate of drug-likeness (QED) is 0.549. The van der Waals surface area contributed by atoms with Crippen LogP contribution in [-0.2, 0) is 16.0 Å². The molecular formula is C22H20FNO4S. The lowest BCUT2D eigenvalue weighted by molar-refractivity contribution is -0.140. The van der Waals surface area contributed by atoms with E-state index in [1.54, 1.807) is 11.4 Å². The lowest BCUT2D eigenvalue weighted by Gasteiger charge is -2.12. The van der Waals surface area contributed by atoms with Crippen LogP contribution in [0, 0.1) is 5.82 Å². The average molecular weight is 413 g/mol. The Hall–Kier alpha value is -3.06. The van der Waals surface area contributed by atoms with Gasteiger partial charge in [-0.2, -0.15) is 0 Å². The Balaban J connectivity index is 1.68. The van der Waals surface area contributed by atoms with E-state index >= 15 is 0 Å². The fourth-order valence-electron chi connectivity index (χ4n) is 2.97. The smallest absolute Gasteiger partial charge is 0.311 e. The average Bonchev–Trinajstić information content (AvgIpc) is 3.16. The van der Waals surface area contributed by atoms with Gasteiger partial charge in [-0.3, -0.25) is 9.59 Å². The molecule has 1 aromatic heterocycles. The van der Waals surface area contributed by atoms with Crippen LogP contribution >= 0.6 is 11.3 Å². The highest BCUT2D eigenvalue weighted by molar-refractivity contribution is 7.13. The number of halogens is 1. The van der Waals surface area contributed by atoms with Crippen LogP contribution in [0.3, 0.4) is 0 Å². The predicted molar refractivity (Wildman–Crippen MR) is 109 cm³/mol. The fourth-order valence-corrected chi connectivity index (χ4v) is 3.80. The Morgan fingerprint density at radius 3 is 2.55 bits per heavy atom. The van der Waals surface area contributed by atoms with Crippen molar-refractivity contribution in [2.24, 2.45) is 0 Å². The van der Waals surface area contributed by atoms with Crippen LogP contribution in [-0.4, -0.2) is 28.4 Å². The van der Waals surface area contributed by atoms with Gasteiger partial charge < -0.3 is 9.84 Å². The van der Waals surface area contributed by atoms with E-state index in [0.29, 0.717) is 12.3 Å². The maximum absolute atomic E-state index is 14.0. The van der Waals surface area contributed by atoms with Crippen molar-refractivity contribution in [2.45, 2.75) is 25.7 Å². The summed E-state index contributed by atoms with van der Waals surface area (Å²) >= 11 is 1.41. The van der Waals surface area contributed by atoms with Gasteiger partial charge in [0, 0.05) is 29.3 Å². The third-order valence-corrected chi connectivity index (χ3v) is 5.29. The second-order valence-corrected chi connectivity index (χ2v) is 7.29. The molecule has 0 aliphatic carbocycles. The molecule has 1 unspecified atom stereocenters. The molecule has 3 rings (SSSR count). The number of aromatic nitrogens is 1. The number of hydrogen-bond acceptors (Lipinski definition) is 5. The molecule has 0 spiro atoms. The summed E-state index contributed by atoms with van der Waals surface area (Å²) < 4.78 is 19.4. The molecule has 2 aromatic carbocycles. The maximum atomic E-state index is 14.0. The molecule has 0 saturated heterocycles. The fraction of sp³-hybridized carbons (Fsp3) is 0.227. The number of Topliss-reactive ketones (excluding diaryl/α,β-unsaturated/α-hetero) is 1. The topological polar surface area (TPSA) is 76.5 Å². The first-order chi connectivity index (χ1) is 14.0. The van der Waals surface area contributed by atoms with Crippen molar-refractivity contribution in [3.8, 4) is 16.3 Å². The minimum atomic E-state index is -1.23. The van der Waals surface area contributed by atoms with Gasteiger partial charge in [-0.15, -0.1) is 11.3 Å². The van der Waals surface area contributed by atoms with E-state index in [4.69, 9.17) is 4.74 Å². The molecule has 1 heterocycles. The van der Waals surface area contributed by atoms with Gasteiger partial charge in [0.15, 0.2) is 0 Å². The molecule has 1 N–H and O–H groups in total. The van der Waals surface area contributed by atoms with Crippen molar-refractivity contribution in [1.82, 2.24) is 4.98 Å². The molecular weight excluding hydrogens is 393 g/mol.